The fourth-order valence-electron chi connectivity index (χ4n) is 2.86. The molecule has 1 N–H and O–H groups in total. The van der Waals surface area contributed by atoms with Gasteiger partial charge in [0.15, 0.2) is 0 Å². The Morgan fingerprint density at radius 1 is 1.17 bits per heavy atom. The lowest BCUT2D eigenvalue weighted by atomic mass is 10.1. The van der Waals surface area contributed by atoms with E-state index in [-0.39, 0.29) is 18.0 Å². The molecule has 1 aliphatic rings. The van der Waals surface area contributed by atoms with Crippen LogP contribution in [0, 0.1) is 0 Å². The molecular weight excluding hydrogens is 294 g/mol. The highest BCUT2D eigenvalue weighted by Gasteiger charge is 2.11. The smallest absolute Gasteiger partial charge is 0.278 e. The van der Waals surface area contributed by atoms with E-state index in [9.17, 15) is 9.59 Å². The highest BCUT2D eigenvalue weighted by Crippen LogP contribution is 2.07. The minimum absolute atomic E-state index is 0.101. The number of aromatic nitrogens is 3. The van der Waals surface area contributed by atoms with Gasteiger partial charge < -0.3 is 10.2 Å². The van der Waals surface area contributed by atoms with Gasteiger partial charge in [-0.3, -0.25) is 9.59 Å². The fourth-order valence-corrected chi connectivity index (χ4v) is 2.86. The van der Waals surface area contributed by atoms with Gasteiger partial charge in [-0.1, -0.05) is 23.8 Å². The standard InChI is InChI=1S/C16H21N5O2/c22-15(17-8-11-20-9-4-1-5-10-20)12-21-16(23)13-6-2-3-7-14(13)18-19-21/h2-3,6-7H,1,4-5,8-12H2,(H,17,22). The third kappa shape index (κ3) is 3.92. The van der Waals surface area contributed by atoms with Crippen LogP contribution in [0.4, 0.5) is 0 Å². The summed E-state index contributed by atoms with van der Waals surface area (Å²) in [5, 5.41) is 11.1. The number of hydrogen-bond acceptors (Lipinski definition) is 5. The first-order chi connectivity index (χ1) is 11.2. The van der Waals surface area contributed by atoms with Gasteiger partial charge in [-0.2, -0.15) is 0 Å². The first-order valence-electron chi connectivity index (χ1n) is 8.05. The van der Waals surface area contributed by atoms with Crippen molar-refractivity contribution >= 4 is 16.8 Å². The van der Waals surface area contributed by atoms with Crippen LogP contribution in [-0.4, -0.2) is 52.0 Å². The zero-order valence-electron chi connectivity index (χ0n) is 13.1. The van der Waals surface area contributed by atoms with Crippen molar-refractivity contribution in [1.29, 1.82) is 0 Å². The number of likely N-dealkylation sites (tertiary alicyclic amines) is 1. The zero-order valence-corrected chi connectivity index (χ0v) is 13.1. The summed E-state index contributed by atoms with van der Waals surface area (Å²) in [5.74, 6) is -0.214. The van der Waals surface area contributed by atoms with Crippen LogP contribution in [0.25, 0.3) is 10.9 Å². The predicted octanol–water partition coefficient (Wildman–Crippen LogP) is 0.394. The van der Waals surface area contributed by atoms with E-state index in [2.05, 4.69) is 20.5 Å². The largest absolute Gasteiger partial charge is 0.353 e. The minimum Gasteiger partial charge on any atom is -0.353 e. The summed E-state index contributed by atoms with van der Waals surface area (Å²) in [7, 11) is 0. The molecule has 7 nitrogen and oxygen atoms in total. The number of nitrogens with zero attached hydrogens (tertiary/aromatic N) is 4. The summed E-state index contributed by atoms with van der Waals surface area (Å²) in [6.45, 7) is 3.55. The van der Waals surface area contributed by atoms with Crippen molar-refractivity contribution in [3.8, 4) is 0 Å². The van der Waals surface area contributed by atoms with Crippen LogP contribution >= 0.6 is 0 Å². The van der Waals surface area contributed by atoms with Gasteiger partial charge in [0.2, 0.25) is 5.91 Å². The van der Waals surface area contributed by atoms with Gasteiger partial charge in [0.05, 0.1) is 5.39 Å². The molecule has 1 amide bonds. The van der Waals surface area contributed by atoms with Crippen molar-refractivity contribution in [1.82, 2.24) is 25.2 Å². The molecule has 2 heterocycles. The first-order valence-corrected chi connectivity index (χ1v) is 8.05. The highest BCUT2D eigenvalue weighted by molar-refractivity contribution is 5.78. The van der Waals surface area contributed by atoms with Crippen LogP contribution in [0.15, 0.2) is 29.1 Å². The van der Waals surface area contributed by atoms with Crippen molar-refractivity contribution in [2.45, 2.75) is 25.8 Å². The van der Waals surface area contributed by atoms with Crippen molar-refractivity contribution < 1.29 is 4.79 Å². The Morgan fingerprint density at radius 2 is 1.96 bits per heavy atom. The second kappa shape index (κ2) is 7.32. The average molecular weight is 315 g/mol. The van der Waals surface area contributed by atoms with E-state index in [1.165, 1.54) is 19.3 Å². The van der Waals surface area contributed by atoms with E-state index in [0.29, 0.717) is 17.4 Å². The lowest BCUT2D eigenvalue weighted by molar-refractivity contribution is -0.122. The molecule has 0 atom stereocenters. The maximum Gasteiger partial charge on any atom is 0.278 e. The molecule has 122 valence electrons. The number of fused-ring (bicyclic) bond motifs is 1. The Balaban J connectivity index is 1.55. The molecule has 23 heavy (non-hydrogen) atoms. The van der Waals surface area contributed by atoms with Crippen molar-refractivity contribution in [3.63, 3.8) is 0 Å². The molecule has 3 rings (SSSR count). The molecule has 0 spiro atoms. The number of carbonyl (C=O) groups is 1. The highest BCUT2D eigenvalue weighted by atomic mass is 16.2. The van der Waals surface area contributed by atoms with E-state index in [1.807, 2.05) is 0 Å². The van der Waals surface area contributed by atoms with Crippen LogP contribution in [0.2, 0.25) is 0 Å². The van der Waals surface area contributed by atoms with Crippen molar-refractivity contribution in [2.24, 2.45) is 0 Å². The number of benzene rings is 1. The Kier molecular flexibility index (Phi) is 4.97. The maximum atomic E-state index is 12.3. The third-order valence-corrected chi connectivity index (χ3v) is 4.12. The number of carbonyl (C=O) groups excluding carboxylic acids is 1. The van der Waals surface area contributed by atoms with Crippen LogP contribution in [-0.2, 0) is 11.3 Å². The molecule has 0 saturated carbocycles. The lowest BCUT2D eigenvalue weighted by Crippen LogP contribution is -2.40. The molecule has 1 saturated heterocycles. The van der Waals surface area contributed by atoms with Gasteiger partial charge in [-0.25, -0.2) is 4.68 Å². The topological polar surface area (TPSA) is 80.1 Å². The number of amides is 1. The molecule has 0 aliphatic carbocycles. The summed E-state index contributed by atoms with van der Waals surface area (Å²) in [4.78, 5) is 26.6. The molecule has 1 fully saturated rings. The number of hydrogen-bond donors (Lipinski definition) is 1. The van der Waals surface area contributed by atoms with Crippen molar-refractivity contribution in [3.05, 3.63) is 34.6 Å². The molecule has 1 aromatic carbocycles. The second-order valence-electron chi connectivity index (χ2n) is 5.82. The number of piperidine rings is 1. The molecule has 0 bridgehead atoms. The normalized spacial score (nSPS) is 15.7. The van der Waals surface area contributed by atoms with Crippen LogP contribution in [0.5, 0.6) is 0 Å². The predicted molar refractivity (Wildman–Crippen MR) is 87.1 cm³/mol. The fraction of sp³-hybridized carbons (Fsp3) is 0.500. The minimum atomic E-state index is -0.290. The van der Waals surface area contributed by atoms with Crippen molar-refractivity contribution in [2.75, 3.05) is 26.2 Å². The van der Waals surface area contributed by atoms with Gasteiger partial charge in [0.1, 0.15) is 12.1 Å². The Labute approximate surface area is 134 Å². The first kappa shape index (κ1) is 15.6. The third-order valence-electron chi connectivity index (χ3n) is 4.12. The number of rotatable bonds is 5. The number of nitrogens with one attached hydrogen (secondary N) is 1. The van der Waals surface area contributed by atoms with E-state index in [1.54, 1.807) is 24.3 Å². The quantitative estimate of drug-likeness (QED) is 0.863. The SMILES string of the molecule is O=C(Cn1nnc2ccccc2c1=O)NCCN1CCCCC1. The molecule has 0 unspecified atom stereocenters. The van der Waals surface area contributed by atoms with E-state index in [4.69, 9.17) is 0 Å². The van der Waals surface area contributed by atoms with E-state index >= 15 is 0 Å². The zero-order chi connectivity index (χ0) is 16.1. The average Bonchev–Trinajstić information content (AvgIpc) is 2.59. The Bertz CT molecular complexity index is 737. The monoisotopic (exact) mass is 315 g/mol. The second-order valence-corrected chi connectivity index (χ2v) is 5.82. The molecule has 7 heteroatoms. The van der Waals surface area contributed by atoms with Crippen LogP contribution in [0.3, 0.4) is 0 Å². The Morgan fingerprint density at radius 3 is 2.78 bits per heavy atom. The summed E-state index contributed by atoms with van der Waals surface area (Å²) < 4.78 is 1.11. The molecule has 1 aromatic heterocycles. The molecule has 2 aromatic rings. The van der Waals surface area contributed by atoms with Gasteiger partial charge in [0.25, 0.3) is 5.56 Å². The molecule has 0 radical (unpaired) electrons. The summed E-state index contributed by atoms with van der Waals surface area (Å²) >= 11 is 0. The van der Waals surface area contributed by atoms with E-state index in [0.717, 1.165) is 24.3 Å². The van der Waals surface area contributed by atoms with Crippen LogP contribution < -0.4 is 10.9 Å². The van der Waals surface area contributed by atoms with Gasteiger partial charge in [-0.15, -0.1) is 5.10 Å². The van der Waals surface area contributed by atoms with E-state index < -0.39 is 0 Å². The summed E-state index contributed by atoms with van der Waals surface area (Å²) in [6, 6.07) is 6.99. The summed E-state index contributed by atoms with van der Waals surface area (Å²) in [6.07, 6.45) is 3.76. The van der Waals surface area contributed by atoms with Gasteiger partial charge in [-0.05, 0) is 38.1 Å². The van der Waals surface area contributed by atoms with Gasteiger partial charge in [0, 0.05) is 13.1 Å². The molecule has 1 aliphatic heterocycles. The molecular formula is C16H21N5O2. The lowest BCUT2D eigenvalue weighted by Gasteiger charge is -2.26. The maximum absolute atomic E-state index is 12.3. The van der Waals surface area contributed by atoms with Crippen LogP contribution in [0.1, 0.15) is 19.3 Å². The Hall–Kier alpha value is -2.28. The van der Waals surface area contributed by atoms with Gasteiger partial charge >= 0.3 is 0 Å². The summed E-state index contributed by atoms with van der Waals surface area (Å²) in [5.41, 5.74) is 0.251.